The molecule has 1 aromatic carbocycles. The Hall–Kier alpha value is -1.06. The van der Waals surface area contributed by atoms with E-state index in [1.807, 2.05) is 25.2 Å². The average molecular weight is 222 g/mol. The first kappa shape index (κ1) is 13.0. The number of ether oxygens (including phenoxy) is 1. The van der Waals surface area contributed by atoms with Crippen molar-refractivity contribution >= 4 is 0 Å². The highest BCUT2D eigenvalue weighted by Crippen LogP contribution is 2.17. The number of benzene rings is 1. The number of rotatable bonds is 6. The van der Waals surface area contributed by atoms with Gasteiger partial charge in [0.2, 0.25) is 0 Å². The van der Waals surface area contributed by atoms with Gasteiger partial charge in [-0.3, -0.25) is 0 Å². The van der Waals surface area contributed by atoms with Gasteiger partial charge >= 0.3 is 0 Å². The fourth-order valence-electron chi connectivity index (χ4n) is 1.69. The lowest BCUT2D eigenvalue weighted by molar-refractivity contribution is 0.364. The normalized spacial score (nSPS) is 11.5. The summed E-state index contributed by atoms with van der Waals surface area (Å²) in [7, 11) is 3.67. The summed E-state index contributed by atoms with van der Waals surface area (Å²) < 4.78 is 5.31. The van der Waals surface area contributed by atoms with E-state index in [0.29, 0.717) is 0 Å². The molecule has 0 saturated heterocycles. The predicted molar refractivity (Wildman–Crippen MR) is 67.8 cm³/mol. The van der Waals surface area contributed by atoms with Crippen molar-refractivity contribution in [3.05, 3.63) is 29.8 Å². The molecule has 0 saturated carbocycles. The molecule has 0 heterocycles. The molecule has 0 amide bonds. The number of hydrogen-bond acceptors (Lipinski definition) is 3. The summed E-state index contributed by atoms with van der Waals surface area (Å²) >= 11 is 0. The fraction of sp³-hybridized carbons (Fsp3) is 0.538. The monoisotopic (exact) mass is 222 g/mol. The Morgan fingerprint density at radius 3 is 2.56 bits per heavy atom. The largest absolute Gasteiger partial charge is 0.496 e. The van der Waals surface area contributed by atoms with Crippen LogP contribution in [0, 0.1) is 0 Å². The first-order valence-corrected chi connectivity index (χ1v) is 5.60. The number of hydrogen-bond donors (Lipinski definition) is 2. The summed E-state index contributed by atoms with van der Waals surface area (Å²) in [6, 6.07) is 8.09. The van der Waals surface area contributed by atoms with Crippen molar-refractivity contribution in [1.82, 2.24) is 10.6 Å². The second-order valence-corrected chi connectivity index (χ2v) is 4.58. The van der Waals surface area contributed by atoms with Gasteiger partial charge in [-0.15, -0.1) is 0 Å². The Balaban J connectivity index is 2.60. The molecular formula is C13H22N2O. The molecule has 0 aliphatic carbocycles. The lowest BCUT2D eigenvalue weighted by Gasteiger charge is -2.26. The van der Waals surface area contributed by atoms with Gasteiger partial charge in [-0.1, -0.05) is 18.2 Å². The highest BCUT2D eigenvalue weighted by atomic mass is 16.5. The van der Waals surface area contributed by atoms with Crippen molar-refractivity contribution in [2.45, 2.75) is 25.9 Å². The van der Waals surface area contributed by atoms with Gasteiger partial charge in [-0.05, 0) is 27.0 Å². The van der Waals surface area contributed by atoms with E-state index in [9.17, 15) is 0 Å². The third-order valence-corrected chi connectivity index (χ3v) is 2.57. The van der Waals surface area contributed by atoms with Crippen LogP contribution < -0.4 is 15.4 Å². The second-order valence-electron chi connectivity index (χ2n) is 4.58. The van der Waals surface area contributed by atoms with Gasteiger partial charge in [0.25, 0.3) is 0 Å². The van der Waals surface area contributed by atoms with E-state index in [2.05, 4.69) is 30.5 Å². The molecule has 0 aliphatic rings. The highest BCUT2D eigenvalue weighted by molar-refractivity contribution is 5.33. The van der Waals surface area contributed by atoms with E-state index < -0.39 is 0 Å². The van der Waals surface area contributed by atoms with Crippen molar-refractivity contribution < 1.29 is 4.74 Å². The Morgan fingerprint density at radius 2 is 1.94 bits per heavy atom. The van der Waals surface area contributed by atoms with Crippen LogP contribution in [0.1, 0.15) is 19.4 Å². The number of likely N-dealkylation sites (N-methyl/N-ethyl adjacent to an activating group) is 1. The SMILES string of the molecule is CNCC(C)(C)NCc1ccccc1OC. The number of nitrogens with one attached hydrogen (secondary N) is 2. The van der Waals surface area contributed by atoms with Crippen LogP contribution in [0.3, 0.4) is 0 Å². The maximum Gasteiger partial charge on any atom is 0.123 e. The summed E-state index contributed by atoms with van der Waals surface area (Å²) in [5.41, 5.74) is 1.27. The third-order valence-electron chi connectivity index (χ3n) is 2.57. The van der Waals surface area contributed by atoms with Crippen molar-refractivity contribution in [3.8, 4) is 5.75 Å². The minimum atomic E-state index is 0.0790. The highest BCUT2D eigenvalue weighted by Gasteiger charge is 2.15. The predicted octanol–water partition coefficient (Wildman–Crippen LogP) is 1.78. The van der Waals surface area contributed by atoms with Crippen LogP contribution >= 0.6 is 0 Å². The van der Waals surface area contributed by atoms with Crippen LogP contribution in [0.4, 0.5) is 0 Å². The van der Waals surface area contributed by atoms with Gasteiger partial charge in [0.05, 0.1) is 7.11 Å². The van der Waals surface area contributed by atoms with E-state index in [4.69, 9.17) is 4.74 Å². The van der Waals surface area contributed by atoms with Crippen LogP contribution in [0.15, 0.2) is 24.3 Å². The van der Waals surface area contributed by atoms with Crippen LogP contribution in [0.5, 0.6) is 5.75 Å². The molecule has 3 nitrogen and oxygen atoms in total. The first-order chi connectivity index (χ1) is 7.59. The molecule has 90 valence electrons. The Labute approximate surface area is 98.2 Å². The molecule has 1 rings (SSSR count). The van der Waals surface area contributed by atoms with Crippen molar-refractivity contribution in [1.29, 1.82) is 0 Å². The van der Waals surface area contributed by atoms with Crippen LogP contribution in [0.2, 0.25) is 0 Å². The standard InChI is InChI=1S/C13H22N2O/c1-13(2,10-14-3)15-9-11-7-5-6-8-12(11)16-4/h5-8,14-15H,9-10H2,1-4H3. The zero-order valence-corrected chi connectivity index (χ0v) is 10.6. The van der Waals surface area contributed by atoms with Gasteiger partial charge in [0, 0.05) is 24.2 Å². The molecule has 0 aromatic heterocycles. The molecule has 2 N–H and O–H groups in total. The Kier molecular flexibility index (Phi) is 4.77. The van der Waals surface area contributed by atoms with Crippen LogP contribution in [0.25, 0.3) is 0 Å². The molecular weight excluding hydrogens is 200 g/mol. The lowest BCUT2D eigenvalue weighted by Crippen LogP contribution is -2.46. The number of methoxy groups -OCH3 is 1. The summed E-state index contributed by atoms with van der Waals surface area (Å²) in [4.78, 5) is 0. The molecule has 0 fully saturated rings. The van der Waals surface area contributed by atoms with Crippen molar-refractivity contribution in [2.75, 3.05) is 20.7 Å². The van der Waals surface area contributed by atoms with Gasteiger partial charge in [0.15, 0.2) is 0 Å². The smallest absolute Gasteiger partial charge is 0.123 e. The maximum absolute atomic E-state index is 5.31. The average Bonchev–Trinajstić information content (AvgIpc) is 2.27. The van der Waals surface area contributed by atoms with E-state index in [-0.39, 0.29) is 5.54 Å². The zero-order chi connectivity index (χ0) is 12.0. The van der Waals surface area contributed by atoms with Gasteiger partial charge in [0.1, 0.15) is 5.75 Å². The minimum absolute atomic E-state index is 0.0790. The molecule has 3 heteroatoms. The minimum Gasteiger partial charge on any atom is -0.496 e. The molecule has 1 aromatic rings. The quantitative estimate of drug-likeness (QED) is 0.770. The summed E-state index contributed by atoms with van der Waals surface area (Å²) in [5, 5.41) is 6.69. The number of para-hydroxylation sites is 1. The molecule has 16 heavy (non-hydrogen) atoms. The van der Waals surface area contributed by atoms with Crippen LogP contribution in [-0.2, 0) is 6.54 Å². The van der Waals surface area contributed by atoms with E-state index in [1.54, 1.807) is 7.11 Å². The zero-order valence-electron chi connectivity index (χ0n) is 10.6. The van der Waals surface area contributed by atoms with E-state index in [1.165, 1.54) is 5.56 Å². The van der Waals surface area contributed by atoms with Crippen molar-refractivity contribution in [2.24, 2.45) is 0 Å². The lowest BCUT2D eigenvalue weighted by atomic mass is 10.0. The summed E-state index contributed by atoms with van der Waals surface area (Å²) in [6.45, 7) is 6.11. The van der Waals surface area contributed by atoms with E-state index in [0.717, 1.165) is 18.8 Å². The molecule has 0 bridgehead atoms. The molecule has 0 atom stereocenters. The molecule has 0 aliphatic heterocycles. The summed E-state index contributed by atoms with van der Waals surface area (Å²) in [5.74, 6) is 0.940. The fourth-order valence-corrected chi connectivity index (χ4v) is 1.69. The van der Waals surface area contributed by atoms with E-state index >= 15 is 0 Å². The summed E-state index contributed by atoms with van der Waals surface area (Å²) in [6.07, 6.45) is 0. The second kappa shape index (κ2) is 5.87. The maximum atomic E-state index is 5.31. The van der Waals surface area contributed by atoms with Crippen molar-refractivity contribution in [3.63, 3.8) is 0 Å². The van der Waals surface area contributed by atoms with Crippen LogP contribution in [-0.4, -0.2) is 26.2 Å². The molecule has 0 unspecified atom stereocenters. The van der Waals surface area contributed by atoms with Gasteiger partial charge in [-0.25, -0.2) is 0 Å². The van der Waals surface area contributed by atoms with Gasteiger partial charge in [-0.2, -0.15) is 0 Å². The molecule has 0 spiro atoms. The Morgan fingerprint density at radius 1 is 1.25 bits per heavy atom. The topological polar surface area (TPSA) is 33.3 Å². The molecule has 0 radical (unpaired) electrons. The van der Waals surface area contributed by atoms with Gasteiger partial charge < -0.3 is 15.4 Å². The Bertz CT molecular complexity index is 323. The third kappa shape index (κ3) is 3.83. The first-order valence-electron chi connectivity index (χ1n) is 5.60.